The summed E-state index contributed by atoms with van der Waals surface area (Å²) in [6, 6.07) is 8.37. The molecule has 1 amide bonds. The molecule has 0 saturated heterocycles. The predicted octanol–water partition coefficient (Wildman–Crippen LogP) is 5.59. The fraction of sp³-hybridized carbons (Fsp3) is 0.0476. The number of nitrogens with one attached hydrogen (secondary N) is 1. The molecule has 0 unspecified atom stereocenters. The second-order valence-corrected chi connectivity index (χ2v) is 6.15. The number of halogens is 6. The lowest BCUT2D eigenvalue weighted by Gasteiger charge is -2.16. The van der Waals surface area contributed by atoms with Gasteiger partial charge in [-0.1, -0.05) is 6.07 Å². The van der Waals surface area contributed by atoms with Crippen LogP contribution in [-0.2, 0) is 6.18 Å². The highest BCUT2D eigenvalue weighted by Crippen LogP contribution is 2.39. The highest BCUT2D eigenvalue weighted by Gasteiger charge is 2.37. The van der Waals surface area contributed by atoms with Gasteiger partial charge in [0.1, 0.15) is 17.5 Å². The van der Waals surface area contributed by atoms with Gasteiger partial charge in [-0.3, -0.25) is 4.79 Å². The number of benzene rings is 3. The zero-order valence-electron chi connectivity index (χ0n) is 15.3. The minimum Gasteiger partial charge on any atom is -0.421 e. The second kappa shape index (κ2) is 8.50. The molecule has 160 valence electrons. The van der Waals surface area contributed by atoms with E-state index in [-0.39, 0.29) is 5.56 Å². The molecule has 0 aromatic heterocycles. The molecule has 10 heteroatoms. The molecule has 0 bridgehead atoms. The Morgan fingerprint density at radius 3 is 2.10 bits per heavy atom. The highest BCUT2D eigenvalue weighted by atomic mass is 19.4. The summed E-state index contributed by atoms with van der Waals surface area (Å²) < 4.78 is 85.1. The van der Waals surface area contributed by atoms with Gasteiger partial charge in [-0.05, 0) is 48.5 Å². The topological polar surface area (TPSA) is 55.4 Å². The zero-order chi connectivity index (χ0) is 22.8. The Labute approximate surface area is 171 Å². The molecule has 3 rings (SSSR count). The van der Waals surface area contributed by atoms with Crippen LogP contribution in [0.25, 0.3) is 0 Å². The van der Waals surface area contributed by atoms with E-state index < -0.39 is 58.1 Å². The Hall–Kier alpha value is -3.82. The van der Waals surface area contributed by atoms with Gasteiger partial charge < -0.3 is 10.1 Å². The molecule has 0 radical (unpaired) electrons. The van der Waals surface area contributed by atoms with Crippen molar-refractivity contribution in [3.8, 4) is 5.75 Å². The average Bonchev–Trinajstić information content (AvgIpc) is 2.69. The molecular weight excluding hydrogens is 428 g/mol. The number of hydrogen-bond donors (Lipinski definition) is 1. The monoisotopic (exact) mass is 439 g/mol. The van der Waals surface area contributed by atoms with Crippen molar-refractivity contribution in [1.82, 2.24) is 0 Å². The Balaban J connectivity index is 2.00. The van der Waals surface area contributed by atoms with E-state index in [4.69, 9.17) is 4.74 Å². The first-order chi connectivity index (χ1) is 14.6. The van der Waals surface area contributed by atoms with Crippen LogP contribution in [0.3, 0.4) is 0 Å². The maximum Gasteiger partial charge on any atom is 0.420 e. The number of anilines is 1. The molecule has 0 heterocycles. The van der Waals surface area contributed by atoms with Gasteiger partial charge in [0, 0.05) is 6.07 Å². The number of hydrogen-bond acceptors (Lipinski definition) is 3. The normalized spacial score (nSPS) is 11.2. The second-order valence-electron chi connectivity index (χ2n) is 6.15. The van der Waals surface area contributed by atoms with Crippen molar-refractivity contribution in [2.75, 3.05) is 5.32 Å². The number of carbonyl (C=O) groups excluding carboxylic acids is 2. The summed E-state index contributed by atoms with van der Waals surface area (Å²) in [6.07, 6.45) is -5.00. The Bertz CT molecular complexity index is 1140. The van der Waals surface area contributed by atoms with Crippen LogP contribution in [0.4, 0.5) is 32.0 Å². The molecule has 0 fully saturated rings. The van der Waals surface area contributed by atoms with Gasteiger partial charge in [-0.25, -0.2) is 18.0 Å². The van der Waals surface area contributed by atoms with Crippen molar-refractivity contribution >= 4 is 17.6 Å². The molecule has 3 aromatic carbocycles. The van der Waals surface area contributed by atoms with Gasteiger partial charge in [0.2, 0.25) is 0 Å². The molecule has 0 aliphatic carbocycles. The van der Waals surface area contributed by atoms with Crippen LogP contribution in [0, 0.1) is 17.5 Å². The summed E-state index contributed by atoms with van der Waals surface area (Å²) in [4.78, 5) is 24.8. The van der Waals surface area contributed by atoms with E-state index >= 15 is 0 Å². The molecule has 3 aromatic rings. The molecule has 0 aliphatic heterocycles. The zero-order valence-corrected chi connectivity index (χ0v) is 15.3. The van der Waals surface area contributed by atoms with Crippen molar-refractivity contribution in [1.29, 1.82) is 0 Å². The van der Waals surface area contributed by atoms with E-state index in [1.54, 1.807) is 0 Å². The Morgan fingerprint density at radius 2 is 1.48 bits per heavy atom. The maximum absolute atomic E-state index is 13.8. The third-order valence-electron chi connectivity index (χ3n) is 4.02. The van der Waals surface area contributed by atoms with E-state index in [1.165, 1.54) is 0 Å². The van der Waals surface area contributed by atoms with Gasteiger partial charge in [0.05, 0.1) is 22.4 Å². The van der Waals surface area contributed by atoms with Crippen LogP contribution in [0.5, 0.6) is 5.75 Å². The minimum absolute atomic E-state index is 0.269. The van der Waals surface area contributed by atoms with Crippen LogP contribution < -0.4 is 10.1 Å². The largest absolute Gasteiger partial charge is 0.421 e. The summed E-state index contributed by atoms with van der Waals surface area (Å²) in [5, 5.41) is 2.00. The molecule has 1 N–H and O–H groups in total. The van der Waals surface area contributed by atoms with Gasteiger partial charge in [-0.2, -0.15) is 13.2 Å². The number of rotatable bonds is 4. The molecule has 0 atom stereocenters. The molecular formula is C21H11F6NO3. The van der Waals surface area contributed by atoms with Crippen LogP contribution in [-0.4, -0.2) is 11.9 Å². The van der Waals surface area contributed by atoms with Crippen LogP contribution >= 0.6 is 0 Å². The van der Waals surface area contributed by atoms with E-state index in [9.17, 15) is 35.9 Å². The first kappa shape index (κ1) is 21.9. The fourth-order valence-corrected chi connectivity index (χ4v) is 2.57. The predicted molar refractivity (Wildman–Crippen MR) is 97.1 cm³/mol. The standard InChI is InChI=1S/C21H11F6NO3/c22-12-6-4-11(5-7-12)20(30)31-18-14(2-1-3-15(18)21(25,26)27)19(29)28-17-9-8-13(23)10-16(17)24/h1-10H,(H,28,29). The van der Waals surface area contributed by atoms with E-state index in [2.05, 4.69) is 0 Å². The SMILES string of the molecule is O=C(Oc1c(C(=O)Nc2ccc(F)cc2F)cccc1C(F)(F)F)c1ccc(F)cc1. The first-order valence-electron chi connectivity index (χ1n) is 8.50. The molecule has 0 saturated carbocycles. The number of carbonyl (C=O) groups is 2. The first-order valence-corrected chi connectivity index (χ1v) is 8.50. The molecule has 0 aliphatic rings. The number of esters is 1. The Kier molecular flexibility index (Phi) is 6.00. The summed E-state index contributed by atoms with van der Waals surface area (Å²) in [5.41, 5.74) is -2.93. The number of ether oxygens (including phenoxy) is 1. The molecule has 4 nitrogen and oxygen atoms in total. The van der Waals surface area contributed by atoms with Gasteiger partial charge in [0.25, 0.3) is 5.91 Å². The van der Waals surface area contributed by atoms with E-state index in [0.29, 0.717) is 12.1 Å². The number of para-hydroxylation sites is 1. The lowest BCUT2D eigenvalue weighted by molar-refractivity contribution is -0.138. The lowest BCUT2D eigenvalue weighted by Crippen LogP contribution is -2.20. The minimum atomic E-state index is -5.00. The van der Waals surface area contributed by atoms with Crippen LogP contribution in [0.1, 0.15) is 26.3 Å². The fourth-order valence-electron chi connectivity index (χ4n) is 2.57. The van der Waals surface area contributed by atoms with Gasteiger partial charge >= 0.3 is 12.1 Å². The number of alkyl halides is 3. The molecule has 31 heavy (non-hydrogen) atoms. The maximum atomic E-state index is 13.8. The highest BCUT2D eigenvalue weighted by molar-refractivity contribution is 6.07. The van der Waals surface area contributed by atoms with E-state index in [1.807, 2.05) is 5.32 Å². The number of amides is 1. The van der Waals surface area contributed by atoms with Crippen molar-refractivity contribution < 1.29 is 40.7 Å². The van der Waals surface area contributed by atoms with Gasteiger partial charge in [0.15, 0.2) is 5.75 Å². The lowest BCUT2D eigenvalue weighted by atomic mass is 10.1. The van der Waals surface area contributed by atoms with Crippen molar-refractivity contribution in [2.45, 2.75) is 6.18 Å². The quantitative estimate of drug-likeness (QED) is 0.327. The van der Waals surface area contributed by atoms with Crippen molar-refractivity contribution in [3.05, 3.63) is 94.8 Å². The third kappa shape index (κ3) is 5.03. The third-order valence-corrected chi connectivity index (χ3v) is 4.02. The van der Waals surface area contributed by atoms with Gasteiger partial charge in [-0.15, -0.1) is 0 Å². The van der Waals surface area contributed by atoms with Crippen LogP contribution in [0.2, 0.25) is 0 Å². The Morgan fingerprint density at radius 1 is 0.839 bits per heavy atom. The summed E-state index contributed by atoms with van der Waals surface area (Å²) in [5.74, 6) is -6.41. The van der Waals surface area contributed by atoms with Crippen molar-refractivity contribution in [2.24, 2.45) is 0 Å². The van der Waals surface area contributed by atoms with E-state index in [0.717, 1.165) is 48.5 Å². The van der Waals surface area contributed by atoms with Crippen molar-refractivity contribution in [3.63, 3.8) is 0 Å². The average molecular weight is 439 g/mol. The summed E-state index contributed by atoms with van der Waals surface area (Å²) in [6.45, 7) is 0. The summed E-state index contributed by atoms with van der Waals surface area (Å²) in [7, 11) is 0. The van der Waals surface area contributed by atoms with Crippen LogP contribution in [0.15, 0.2) is 60.7 Å². The molecule has 0 spiro atoms. The smallest absolute Gasteiger partial charge is 0.420 e. The summed E-state index contributed by atoms with van der Waals surface area (Å²) >= 11 is 0.